The Kier molecular flexibility index (Phi) is 6.75. The number of esters is 1. The number of amides is 1. The number of ether oxygens (including phenoxy) is 1. The maximum atomic E-state index is 12.3. The molecule has 2 aromatic rings. The van der Waals surface area contributed by atoms with Crippen molar-refractivity contribution in [3.63, 3.8) is 0 Å². The van der Waals surface area contributed by atoms with Gasteiger partial charge in [-0.2, -0.15) is 0 Å². The molecule has 0 spiro atoms. The highest BCUT2D eigenvalue weighted by Gasteiger charge is 2.18. The highest BCUT2D eigenvalue weighted by atomic mass is 79.9. The molecule has 0 heterocycles. The van der Waals surface area contributed by atoms with Crippen molar-refractivity contribution in [1.82, 2.24) is 0 Å². The van der Waals surface area contributed by atoms with Crippen LogP contribution in [0.15, 0.2) is 46.9 Å². The number of carbonyl (C=O) groups is 2. The van der Waals surface area contributed by atoms with Crippen molar-refractivity contribution >= 4 is 39.6 Å². The summed E-state index contributed by atoms with van der Waals surface area (Å²) in [6, 6.07) is 11.5. The fourth-order valence-electron chi connectivity index (χ4n) is 2.64. The van der Waals surface area contributed by atoms with Crippen LogP contribution in [-0.4, -0.2) is 18.0 Å². The Morgan fingerprint density at radius 2 is 1.73 bits per heavy atom. The van der Waals surface area contributed by atoms with Crippen molar-refractivity contribution in [2.45, 2.75) is 33.8 Å². The van der Waals surface area contributed by atoms with E-state index >= 15 is 0 Å². The van der Waals surface area contributed by atoms with E-state index in [2.05, 4.69) is 21.2 Å². The number of aryl methyl sites for hydroxylation is 3. The standard InChI is InChI=1S/C21H22BrNO3/c1-13-11-14(2)20(15(3)12-13)23-21(25)16(4)26-19(24)10-9-17-7-5-6-8-18(17)22/h5-12,16H,1-4H3,(H,23,25)/b10-9+/t16-/m0/s1. The first-order chi connectivity index (χ1) is 12.3. The van der Waals surface area contributed by atoms with Crippen LogP contribution in [0.2, 0.25) is 0 Å². The molecule has 0 aromatic heterocycles. The van der Waals surface area contributed by atoms with Crippen LogP contribution in [0.25, 0.3) is 6.08 Å². The number of anilines is 1. The molecule has 2 rings (SSSR count). The van der Waals surface area contributed by atoms with E-state index in [0.29, 0.717) is 0 Å². The van der Waals surface area contributed by atoms with Crippen LogP contribution >= 0.6 is 15.9 Å². The summed E-state index contributed by atoms with van der Waals surface area (Å²) in [6.45, 7) is 7.44. The third kappa shape index (κ3) is 5.30. The van der Waals surface area contributed by atoms with Gasteiger partial charge in [-0.25, -0.2) is 4.79 Å². The Hall–Kier alpha value is -2.40. The topological polar surface area (TPSA) is 55.4 Å². The van der Waals surface area contributed by atoms with Gasteiger partial charge >= 0.3 is 5.97 Å². The van der Waals surface area contributed by atoms with Crippen LogP contribution in [0.3, 0.4) is 0 Å². The van der Waals surface area contributed by atoms with Gasteiger partial charge in [0.1, 0.15) is 0 Å². The lowest BCUT2D eigenvalue weighted by atomic mass is 10.0. The summed E-state index contributed by atoms with van der Waals surface area (Å²) in [5.41, 5.74) is 4.70. The lowest BCUT2D eigenvalue weighted by Gasteiger charge is -2.16. The predicted octanol–water partition coefficient (Wildman–Crippen LogP) is 4.96. The second-order valence-corrected chi connectivity index (χ2v) is 7.05. The van der Waals surface area contributed by atoms with Crippen molar-refractivity contribution in [2.75, 3.05) is 5.32 Å². The first-order valence-electron chi connectivity index (χ1n) is 8.30. The number of hydrogen-bond donors (Lipinski definition) is 1. The van der Waals surface area contributed by atoms with Crippen molar-refractivity contribution in [1.29, 1.82) is 0 Å². The molecule has 0 unspecified atom stereocenters. The zero-order valence-electron chi connectivity index (χ0n) is 15.3. The van der Waals surface area contributed by atoms with E-state index < -0.39 is 12.1 Å². The number of halogens is 1. The van der Waals surface area contributed by atoms with Gasteiger partial charge in [-0.3, -0.25) is 4.79 Å². The highest BCUT2D eigenvalue weighted by Crippen LogP contribution is 2.22. The first kappa shape index (κ1) is 19.9. The average molecular weight is 416 g/mol. The van der Waals surface area contributed by atoms with E-state index in [0.717, 1.165) is 32.4 Å². The second-order valence-electron chi connectivity index (χ2n) is 6.20. The molecule has 136 valence electrons. The van der Waals surface area contributed by atoms with E-state index in [9.17, 15) is 9.59 Å². The van der Waals surface area contributed by atoms with Gasteiger partial charge < -0.3 is 10.1 Å². The summed E-state index contributed by atoms with van der Waals surface area (Å²) < 4.78 is 6.07. The Balaban J connectivity index is 1.99. The molecule has 2 aromatic carbocycles. The van der Waals surface area contributed by atoms with Crippen molar-refractivity contribution in [2.24, 2.45) is 0 Å². The number of rotatable bonds is 5. The fourth-order valence-corrected chi connectivity index (χ4v) is 3.05. The summed E-state index contributed by atoms with van der Waals surface area (Å²) in [5.74, 6) is -0.927. The summed E-state index contributed by atoms with van der Waals surface area (Å²) >= 11 is 3.41. The van der Waals surface area contributed by atoms with Crippen LogP contribution in [0, 0.1) is 20.8 Å². The molecule has 4 nitrogen and oxygen atoms in total. The number of hydrogen-bond acceptors (Lipinski definition) is 3. The summed E-state index contributed by atoms with van der Waals surface area (Å²) in [6.07, 6.45) is 2.06. The van der Waals surface area contributed by atoms with E-state index in [-0.39, 0.29) is 5.91 Å². The van der Waals surface area contributed by atoms with Gasteiger partial charge in [-0.05, 0) is 56.5 Å². The molecule has 26 heavy (non-hydrogen) atoms. The van der Waals surface area contributed by atoms with E-state index in [1.54, 1.807) is 13.0 Å². The van der Waals surface area contributed by atoms with Crippen LogP contribution in [0.4, 0.5) is 5.69 Å². The second kappa shape index (κ2) is 8.81. The van der Waals surface area contributed by atoms with Crippen LogP contribution in [0.5, 0.6) is 0 Å². The van der Waals surface area contributed by atoms with Gasteiger partial charge in [-0.1, -0.05) is 51.8 Å². The molecule has 1 atom stereocenters. The molecule has 1 amide bonds. The Morgan fingerprint density at radius 1 is 1.12 bits per heavy atom. The van der Waals surface area contributed by atoms with Crippen molar-refractivity contribution in [3.05, 3.63) is 69.2 Å². The zero-order valence-corrected chi connectivity index (χ0v) is 16.9. The van der Waals surface area contributed by atoms with Gasteiger partial charge in [0, 0.05) is 16.2 Å². The van der Waals surface area contributed by atoms with Gasteiger partial charge in [0.15, 0.2) is 6.10 Å². The molecule has 0 aliphatic carbocycles. The van der Waals surface area contributed by atoms with Gasteiger partial charge in [0.25, 0.3) is 5.91 Å². The minimum atomic E-state index is -0.897. The predicted molar refractivity (Wildman–Crippen MR) is 108 cm³/mol. The molecule has 0 radical (unpaired) electrons. The minimum absolute atomic E-state index is 0.359. The Labute approximate surface area is 162 Å². The fraction of sp³-hybridized carbons (Fsp3) is 0.238. The van der Waals surface area contributed by atoms with Gasteiger partial charge in [0.2, 0.25) is 0 Å². The largest absolute Gasteiger partial charge is 0.449 e. The Morgan fingerprint density at radius 3 is 2.35 bits per heavy atom. The minimum Gasteiger partial charge on any atom is -0.449 e. The molecule has 0 aliphatic rings. The summed E-state index contributed by atoms with van der Waals surface area (Å²) in [4.78, 5) is 24.3. The van der Waals surface area contributed by atoms with Gasteiger partial charge in [0.05, 0.1) is 0 Å². The third-order valence-electron chi connectivity index (χ3n) is 3.89. The first-order valence-corrected chi connectivity index (χ1v) is 9.09. The molecule has 0 aliphatic heterocycles. The quantitative estimate of drug-likeness (QED) is 0.554. The highest BCUT2D eigenvalue weighted by molar-refractivity contribution is 9.10. The zero-order chi connectivity index (χ0) is 19.3. The number of carbonyl (C=O) groups excluding carboxylic acids is 2. The SMILES string of the molecule is Cc1cc(C)c(NC(=O)[C@H](C)OC(=O)/C=C/c2ccccc2Br)c(C)c1. The molecule has 0 fully saturated rings. The lowest BCUT2D eigenvalue weighted by Crippen LogP contribution is -2.30. The van der Waals surface area contributed by atoms with E-state index in [1.807, 2.05) is 57.2 Å². The molecule has 5 heteroatoms. The van der Waals surface area contributed by atoms with Crippen LogP contribution in [-0.2, 0) is 14.3 Å². The van der Waals surface area contributed by atoms with E-state index in [4.69, 9.17) is 4.74 Å². The Bertz CT molecular complexity index is 835. The molecule has 0 saturated heterocycles. The molecular weight excluding hydrogens is 394 g/mol. The number of nitrogens with one attached hydrogen (secondary N) is 1. The maximum Gasteiger partial charge on any atom is 0.331 e. The lowest BCUT2D eigenvalue weighted by molar-refractivity contribution is -0.148. The molecule has 0 bridgehead atoms. The van der Waals surface area contributed by atoms with Crippen LogP contribution < -0.4 is 5.32 Å². The summed E-state index contributed by atoms with van der Waals surface area (Å²) in [7, 11) is 0. The third-order valence-corrected chi connectivity index (χ3v) is 4.61. The normalized spacial score (nSPS) is 12.0. The van der Waals surface area contributed by atoms with Gasteiger partial charge in [-0.15, -0.1) is 0 Å². The average Bonchev–Trinajstić information content (AvgIpc) is 2.57. The molecular formula is C21H22BrNO3. The smallest absolute Gasteiger partial charge is 0.331 e. The molecule has 0 saturated carbocycles. The summed E-state index contributed by atoms with van der Waals surface area (Å²) in [5, 5.41) is 2.85. The monoisotopic (exact) mass is 415 g/mol. The maximum absolute atomic E-state index is 12.3. The number of benzene rings is 2. The van der Waals surface area contributed by atoms with Crippen molar-refractivity contribution < 1.29 is 14.3 Å². The molecule has 1 N–H and O–H groups in total. The van der Waals surface area contributed by atoms with Crippen LogP contribution in [0.1, 0.15) is 29.2 Å². The van der Waals surface area contributed by atoms with E-state index in [1.165, 1.54) is 6.08 Å². The van der Waals surface area contributed by atoms with Crippen molar-refractivity contribution in [3.8, 4) is 0 Å².